The fourth-order valence-electron chi connectivity index (χ4n) is 3.23. The zero-order valence-corrected chi connectivity index (χ0v) is 12.6. The molecule has 1 aliphatic rings. The minimum absolute atomic E-state index is 0.253. The van der Waals surface area contributed by atoms with Crippen molar-refractivity contribution in [2.24, 2.45) is 11.8 Å². The molecule has 5 heteroatoms. The minimum atomic E-state index is -0.945. The van der Waals surface area contributed by atoms with Crippen molar-refractivity contribution in [3.63, 3.8) is 0 Å². The standard InChI is InChI=1S/C15H23N3O2/c1-8-5-9(2)7-12(6-8)16-14-13(15(19)20)10(3)11(4)17-18-14/h8-9,12H,5-7H2,1-4H3,(H,16,18)(H,19,20). The number of aryl methyl sites for hydroxylation is 1. The lowest BCUT2D eigenvalue weighted by Crippen LogP contribution is -2.31. The molecule has 2 unspecified atom stereocenters. The first-order valence-electron chi connectivity index (χ1n) is 7.22. The summed E-state index contributed by atoms with van der Waals surface area (Å²) in [5.41, 5.74) is 1.61. The molecule has 2 rings (SSSR count). The van der Waals surface area contributed by atoms with Crippen molar-refractivity contribution in [3.8, 4) is 0 Å². The Morgan fingerprint density at radius 2 is 1.75 bits per heavy atom. The molecule has 0 radical (unpaired) electrons. The molecular weight excluding hydrogens is 254 g/mol. The highest BCUT2D eigenvalue weighted by Crippen LogP contribution is 2.31. The summed E-state index contributed by atoms with van der Waals surface area (Å²) >= 11 is 0. The quantitative estimate of drug-likeness (QED) is 0.888. The van der Waals surface area contributed by atoms with Gasteiger partial charge in [0.15, 0.2) is 5.82 Å². The van der Waals surface area contributed by atoms with E-state index in [-0.39, 0.29) is 11.6 Å². The van der Waals surface area contributed by atoms with Crippen molar-refractivity contribution in [2.45, 2.75) is 53.0 Å². The molecule has 20 heavy (non-hydrogen) atoms. The summed E-state index contributed by atoms with van der Waals surface area (Å²) < 4.78 is 0. The normalized spacial score (nSPS) is 26.3. The number of carbonyl (C=O) groups is 1. The van der Waals surface area contributed by atoms with Crippen LogP contribution in [0.5, 0.6) is 0 Å². The fourth-order valence-corrected chi connectivity index (χ4v) is 3.23. The van der Waals surface area contributed by atoms with Crippen molar-refractivity contribution < 1.29 is 9.90 Å². The van der Waals surface area contributed by atoms with Crippen LogP contribution in [0.25, 0.3) is 0 Å². The van der Waals surface area contributed by atoms with Gasteiger partial charge in [-0.25, -0.2) is 4.79 Å². The molecule has 1 aromatic heterocycles. The van der Waals surface area contributed by atoms with Crippen LogP contribution >= 0.6 is 0 Å². The van der Waals surface area contributed by atoms with Crippen LogP contribution in [0.1, 0.15) is 54.7 Å². The predicted octanol–water partition coefficient (Wildman–Crippen LogP) is 3.03. The van der Waals surface area contributed by atoms with Crippen molar-refractivity contribution in [3.05, 3.63) is 16.8 Å². The zero-order chi connectivity index (χ0) is 14.9. The highest BCUT2D eigenvalue weighted by atomic mass is 16.4. The van der Waals surface area contributed by atoms with E-state index >= 15 is 0 Å². The SMILES string of the molecule is Cc1nnc(NC2CC(C)CC(C)C2)c(C(=O)O)c1C. The molecule has 2 atom stereocenters. The number of anilines is 1. The van der Waals surface area contributed by atoms with Crippen molar-refractivity contribution >= 4 is 11.8 Å². The maximum absolute atomic E-state index is 11.5. The summed E-state index contributed by atoms with van der Waals surface area (Å²) in [6.45, 7) is 8.05. The summed E-state index contributed by atoms with van der Waals surface area (Å²) in [4.78, 5) is 11.5. The molecule has 0 amide bonds. The number of hydrogen-bond acceptors (Lipinski definition) is 4. The van der Waals surface area contributed by atoms with E-state index in [4.69, 9.17) is 0 Å². The van der Waals surface area contributed by atoms with Gasteiger partial charge >= 0.3 is 5.97 Å². The molecule has 2 N–H and O–H groups in total. The highest BCUT2D eigenvalue weighted by Gasteiger charge is 2.26. The molecule has 1 aliphatic carbocycles. The third-order valence-corrected chi connectivity index (χ3v) is 4.19. The number of aromatic nitrogens is 2. The van der Waals surface area contributed by atoms with Gasteiger partial charge in [0.25, 0.3) is 0 Å². The lowest BCUT2D eigenvalue weighted by atomic mass is 9.80. The van der Waals surface area contributed by atoms with Crippen LogP contribution in [-0.4, -0.2) is 27.3 Å². The second-order valence-electron chi connectivity index (χ2n) is 6.20. The number of nitrogens with one attached hydrogen (secondary N) is 1. The first-order valence-corrected chi connectivity index (χ1v) is 7.22. The number of nitrogens with zero attached hydrogens (tertiary/aromatic N) is 2. The number of carboxylic acid groups (broad SMARTS) is 1. The van der Waals surface area contributed by atoms with Gasteiger partial charge in [-0.05, 0) is 50.5 Å². The van der Waals surface area contributed by atoms with E-state index in [0.29, 0.717) is 28.9 Å². The molecule has 1 aromatic rings. The molecule has 0 saturated heterocycles. The lowest BCUT2D eigenvalue weighted by Gasteiger charge is -2.32. The molecule has 0 bridgehead atoms. The van der Waals surface area contributed by atoms with Crippen LogP contribution < -0.4 is 5.32 Å². The monoisotopic (exact) mass is 277 g/mol. The molecule has 1 heterocycles. The van der Waals surface area contributed by atoms with E-state index in [1.165, 1.54) is 6.42 Å². The summed E-state index contributed by atoms with van der Waals surface area (Å²) in [6.07, 6.45) is 3.35. The van der Waals surface area contributed by atoms with Gasteiger partial charge in [-0.1, -0.05) is 13.8 Å². The second-order valence-corrected chi connectivity index (χ2v) is 6.20. The van der Waals surface area contributed by atoms with Crippen LogP contribution in [-0.2, 0) is 0 Å². The Hall–Kier alpha value is -1.65. The van der Waals surface area contributed by atoms with Gasteiger partial charge in [0, 0.05) is 6.04 Å². The third kappa shape index (κ3) is 3.08. The number of aromatic carboxylic acids is 1. The third-order valence-electron chi connectivity index (χ3n) is 4.19. The van der Waals surface area contributed by atoms with E-state index in [9.17, 15) is 9.90 Å². The van der Waals surface area contributed by atoms with Gasteiger partial charge in [0.05, 0.1) is 5.69 Å². The van der Waals surface area contributed by atoms with E-state index in [0.717, 1.165) is 12.8 Å². The summed E-state index contributed by atoms with van der Waals surface area (Å²) in [6, 6.07) is 0.281. The van der Waals surface area contributed by atoms with Gasteiger partial charge in [0.1, 0.15) is 5.56 Å². The first-order chi connectivity index (χ1) is 9.38. The second kappa shape index (κ2) is 5.77. The van der Waals surface area contributed by atoms with Crippen LogP contribution in [0.3, 0.4) is 0 Å². The average molecular weight is 277 g/mol. The first kappa shape index (κ1) is 14.8. The van der Waals surface area contributed by atoms with Crippen LogP contribution in [0.2, 0.25) is 0 Å². The summed E-state index contributed by atoms with van der Waals surface area (Å²) in [7, 11) is 0. The summed E-state index contributed by atoms with van der Waals surface area (Å²) in [5.74, 6) is 0.778. The predicted molar refractivity (Wildman–Crippen MR) is 78.1 cm³/mol. The topological polar surface area (TPSA) is 75.1 Å². The fraction of sp³-hybridized carbons (Fsp3) is 0.667. The maximum Gasteiger partial charge on any atom is 0.339 e. The Morgan fingerprint density at radius 3 is 2.30 bits per heavy atom. The molecule has 0 aliphatic heterocycles. The lowest BCUT2D eigenvalue weighted by molar-refractivity contribution is 0.0696. The van der Waals surface area contributed by atoms with Crippen molar-refractivity contribution in [1.29, 1.82) is 0 Å². The van der Waals surface area contributed by atoms with E-state index in [1.807, 2.05) is 0 Å². The Balaban J connectivity index is 2.25. The molecule has 5 nitrogen and oxygen atoms in total. The average Bonchev–Trinajstić information content (AvgIpc) is 2.32. The van der Waals surface area contributed by atoms with Crippen LogP contribution in [0, 0.1) is 25.7 Å². The molecule has 0 aromatic carbocycles. The van der Waals surface area contributed by atoms with Gasteiger partial charge < -0.3 is 10.4 Å². The Morgan fingerprint density at radius 1 is 1.15 bits per heavy atom. The van der Waals surface area contributed by atoms with Crippen LogP contribution in [0.15, 0.2) is 0 Å². The van der Waals surface area contributed by atoms with Gasteiger partial charge in [-0.3, -0.25) is 0 Å². The smallest absolute Gasteiger partial charge is 0.339 e. The van der Waals surface area contributed by atoms with E-state index in [1.54, 1.807) is 13.8 Å². The molecule has 0 spiro atoms. The highest BCUT2D eigenvalue weighted by molar-refractivity contribution is 5.94. The van der Waals surface area contributed by atoms with Gasteiger partial charge in [-0.2, -0.15) is 5.10 Å². The molecule has 110 valence electrons. The van der Waals surface area contributed by atoms with Crippen molar-refractivity contribution in [1.82, 2.24) is 10.2 Å². The number of hydrogen-bond donors (Lipinski definition) is 2. The van der Waals surface area contributed by atoms with Gasteiger partial charge in [0.2, 0.25) is 0 Å². The Bertz CT molecular complexity index is 506. The zero-order valence-electron chi connectivity index (χ0n) is 12.6. The van der Waals surface area contributed by atoms with Crippen LogP contribution in [0.4, 0.5) is 5.82 Å². The maximum atomic E-state index is 11.5. The number of carboxylic acids is 1. The Kier molecular flexibility index (Phi) is 4.26. The summed E-state index contributed by atoms with van der Waals surface area (Å²) in [5, 5.41) is 20.8. The molecule has 1 fully saturated rings. The number of rotatable bonds is 3. The largest absolute Gasteiger partial charge is 0.478 e. The van der Waals surface area contributed by atoms with Gasteiger partial charge in [-0.15, -0.1) is 5.10 Å². The molecule has 1 saturated carbocycles. The molecular formula is C15H23N3O2. The van der Waals surface area contributed by atoms with E-state index in [2.05, 4.69) is 29.4 Å². The minimum Gasteiger partial charge on any atom is -0.478 e. The van der Waals surface area contributed by atoms with E-state index < -0.39 is 5.97 Å². The van der Waals surface area contributed by atoms with Crippen molar-refractivity contribution in [2.75, 3.05) is 5.32 Å². The Labute approximate surface area is 119 Å².